The van der Waals surface area contributed by atoms with Gasteiger partial charge in [0.1, 0.15) is 0 Å². The van der Waals surface area contributed by atoms with Gasteiger partial charge in [-0.25, -0.2) is 0 Å². The molecular formula is C19H32O. The van der Waals surface area contributed by atoms with Crippen molar-refractivity contribution in [1.29, 1.82) is 0 Å². The zero-order valence-electron chi connectivity index (χ0n) is 13.2. The Morgan fingerprint density at radius 2 is 1.25 bits per heavy atom. The molecule has 0 radical (unpaired) electrons. The van der Waals surface area contributed by atoms with Crippen molar-refractivity contribution >= 4 is 0 Å². The Labute approximate surface area is 125 Å². The normalized spacial score (nSPS) is 12.5. The van der Waals surface area contributed by atoms with E-state index in [4.69, 9.17) is 0 Å². The monoisotopic (exact) mass is 276 g/mol. The van der Waals surface area contributed by atoms with Gasteiger partial charge in [-0.05, 0) is 12.0 Å². The van der Waals surface area contributed by atoms with Crippen LogP contribution in [0.5, 0.6) is 0 Å². The maximum atomic E-state index is 10.0. The number of rotatable bonds is 12. The van der Waals surface area contributed by atoms with Crippen LogP contribution in [0.3, 0.4) is 0 Å². The molecule has 0 aliphatic rings. The first-order valence-corrected chi connectivity index (χ1v) is 8.57. The van der Waals surface area contributed by atoms with Gasteiger partial charge in [0.2, 0.25) is 0 Å². The van der Waals surface area contributed by atoms with Crippen LogP contribution in [-0.4, -0.2) is 5.11 Å². The van der Waals surface area contributed by atoms with E-state index in [0.29, 0.717) is 0 Å². The predicted octanol–water partition coefficient (Wildman–Crippen LogP) is 6.03. The molecule has 0 amide bonds. The fraction of sp³-hybridized carbons (Fsp3) is 0.684. The Kier molecular flexibility index (Phi) is 10.3. The average Bonchev–Trinajstić information content (AvgIpc) is 2.50. The summed E-state index contributed by atoms with van der Waals surface area (Å²) < 4.78 is 0. The fourth-order valence-corrected chi connectivity index (χ4v) is 2.67. The molecule has 1 heteroatoms. The molecule has 0 aromatic heterocycles. The molecule has 1 atom stereocenters. The van der Waals surface area contributed by atoms with Crippen LogP contribution in [0.15, 0.2) is 30.3 Å². The van der Waals surface area contributed by atoms with Gasteiger partial charge in [0, 0.05) is 0 Å². The van der Waals surface area contributed by atoms with Crippen molar-refractivity contribution in [2.45, 2.75) is 83.7 Å². The lowest BCUT2D eigenvalue weighted by Gasteiger charge is -2.10. The van der Waals surface area contributed by atoms with Crippen molar-refractivity contribution in [2.24, 2.45) is 0 Å². The van der Waals surface area contributed by atoms with E-state index in [9.17, 15) is 5.11 Å². The maximum absolute atomic E-state index is 10.0. The Morgan fingerprint density at radius 1 is 0.750 bits per heavy atom. The van der Waals surface area contributed by atoms with E-state index >= 15 is 0 Å². The molecule has 1 nitrogen and oxygen atoms in total. The lowest BCUT2D eigenvalue weighted by atomic mass is 10.0. The summed E-state index contributed by atoms with van der Waals surface area (Å²) in [6, 6.07) is 10.0. The molecule has 0 unspecified atom stereocenters. The summed E-state index contributed by atoms with van der Waals surface area (Å²) in [5, 5.41) is 10.0. The van der Waals surface area contributed by atoms with Crippen molar-refractivity contribution in [3.05, 3.63) is 35.9 Å². The smallest absolute Gasteiger partial charge is 0.0790 e. The molecule has 0 fully saturated rings. The van der Waals surface area contributed by atoms with Crippen molar-refractivity contribution in [3.63, 3.8) is 0 Å². The third-order valence-corrected chi connectivity index (χ3v) is 4.02. The van der Waals surface area contributed by atoms with Crippen LogP contribution in [0.2, 0.25) is 0 Å². The number of unbranched alkanes of at least 4 members (excludes halogenated alkanes) is 9. The largest absolute Gasteiger partial charge is 0.388 e. The molecule has 0 saturated carbocycles. The van der Waals surface area contributed by atoms with E-state index in [1.54, 1.807) is 0 Å². The molecule has 20 heavy (non-hydrogen) atoms. The molecule has 0 saturated heterocycles. The topological polar surface area (TPSA) is 20.2 Å². The van der Waals surface area contributed by atoms with Gasteiger partial charge in [0.25, 0.3) is 0 Å². The Morgan fingerprint density at radius 3 is 1.80 bits per heavy atom. The van der Waals surface area contributed by atoms with E-state index in [1.807, 2.05) is 30.3 Å². The first-order chi connectivity index (χ1) is 9.84. The van der Waals surface area contributed by atoms with Gasteiger partial charge in [-0.1, -0.05) is 101 Å². The molecular weight excluding hydrogens is 244 g/mol. The SMILES string of the molecule is CCCCCCCCCCCC[C@H](O)c1ccccc1. The molecule has 0 spiro atoms. The van der Waals surface area contributed by atoms with Gasteiger partial charge >= 0.3 is 0 Å². The van der Waals surface area contributed by atoms with Crippen LogP contribution < -0.4 is 0 Å². The third kappa shape index (κ3) is 8.37. The number of aliphatic hydroxyl groups is 1. The van der Waals surface area contributed by atoms with E-state index in [-0.39, 0.29) is 6.10 Å². The summed E-state index contributed by atoms with van der Waals surface area (Å²) in [6.07, 6.45) is 14.1. The number of benzene rings is 1. The van der Waals surface area contributed by atoms with Crippen molar-refractivity contribution in [3.8, 4) is 0 Å². The molecule has 0 aliphatic carbocycles. The summed E-state index contributed by atoms with van der Waals surface area (Å²) in [4.78, 5) is 0. The summed E-state index contributed by atoms with van der Waals surface area (Å²) >= 11 is 0. The molecule has 1 aromatic carbocycles. The quantitative estimate of drug-likeness (QED) is 0.462. The van der Waals surface area contributed by atoms with Crippen LogP contribution >= 0.6 is 0 Å². The molecule has 1 aromatic rings. The Balaban J connectivity index is 1.90. The van der Waals surface area contributed by atoms with Crippen LogP contribution in [0.4, 0.5) is 0 Å². The molecule has 0 bridgehead atoms. The minimum Gasteiger partial charge on any atom is -0.388 e. The highest BCUT2D eigenvalue weighted by Crippen LogP contribution is 2.20. The molecule has 114 valence electrons. The van der Waals surface area contributed by atoms with E-state index in [2.05, 4.69) is 6.92 Å². The first kappa shape index (κ1) is 17.2. The van der Waals surface area contributed by atoms with Crippen molar-refractivity contribution < 1.29 is 5.11 Å². The standard InChI is InChI=1S/C19H32O/c1-2-3-4-5-6-7-8-9-10-14-17-19(20)18-15-12-11-13-16-18/h11-13,15-16,19-20H,2-10,14,17H2,1H3/t19-/m0/s1. The lowest BCUT2D eigenvalue weighted by molar-refractivity contribution is 0.163. The van der Waals surface area contributed by atoms with Gasteiger partial charge in [-0.15, -0.1) is 0 Å². The van der Waals surface area contributed by atoms with Crippen molar-refractivity contribution in [2.75, 3.05) is 0 Å². The highest BCUT2D eigenvalue weighted by molar-refractivity contribution is 5.16. The van der Waals surface area contributed by atoms with Crippen LogP contribution in [0.25, 0.3) is 0 Å². The molecule has 1 N–H and O–H groups in total. The zero-order chi connectivity index (χ0) is 14.5. The minimum absolute atomic E-state index is 0.273. The highest BCUT2D eigenvalue weighted by Gasteiger charge is 2.05. The fourth-order valence-electron chi connectivity index (χ4n) is 2.67. The number of aliphatic hydroxyl groups excluding tert-OH is 1. The second kappa shape index (κ2) is 12.0. The summed E-state index contributed by atoms with van der Waals surface area (Å²) in [7, 11) is 0. The first-order valence-electron chi connectivity index (χ1n) is 8.57. The second-order valence-corrected chi connectivity index (χ2v) is 5.90. The van der Waals surface area contributed by atoms with Gasteiger partial charge in [-0.3, -0.25) is 0 Å². The minimum atomic E-state index is -0.273. The van der Waals surface area contributed by atoms with Gasteiger partial charge in [0.15, 0.2) is 0 Å². The van der Waals surface area contributed by atoms with E-state index < -0.39 is 0 Å². The average molecular weight is 276 g/mol. The van der Waals surface area contributed by atoms with Crippen LogP contribution in [0, 0.1) is 0 Å². The van der Waals surface area contributed by atoms with Gasteiger partial charge in [0.05, 0.1) is 6.10 Å². The Bertz CT molecular complexity index is 307. The second-order valence-electron chi connectivity index (χ2n) is 5.90. The van der Waals surface area contributed by atoms with Gasteiger partial charge < -0.3 is 5.11 Å². The van der Waals surface area contributed by atoms with Crippen molar-refractivity contribution in [1.82, 2.24) is 0 Å². The predicted molar refractivity (Wildman–Crippen MR) is 87.9 cm³/mol. The summed E-state index contributed by atoms with van der Waals surface area (Å²) in [5.74, 6) is 0. The van der Waals surface area contributed by atoms with E-state index in [0.717, 1.165) is 18.4 Å². The number of hydrogen-bond donors (Lipinski definition) is 1. The summed E-state index contributed by atoms with van der Waals surface area (Å²) in [6.45, 7) is 2.27. The van der Waals surface area contributed by atoms with Crippen LogP contribution in [0.1, 0.15) is 89.2 Å². The molecule has 0 heterocycles. The van der Waals surface area contributed by atoms with Crippen LogP contribution in [-0.2, 0) is 0 Å². The molecule has 1 rings (SSSR count). The number of hydrogen-bond acceptors (Lipinski definition) is 1. The van der Waals surface area contributed by atoms with E-state index in [1.165, 1.54) is 57.8 Å². The summed E-state index contributed by atoms with van der Waals surface area (Å²) in [5.41, 5.74) is 1.06. The van der Waals surface area contributed by atoms with Gasteiger partial charge in [-0.2, -0.15) is 0 Å². The lowest BCUT2D eigenvalue weighted by Crippen LogP contribution is -1.96. The zero-order valence-corrected chi connectivity index (χ0v) is 13.2. The Hall–Kier alpha value is -0.820. The maximum Gasteiger partial charge on any atom is 0.0790 e. The highest BCUT2D eigenvalue weighted by atomic mass is 16.3. The third-order valence-electron chi connectivity index (χ3n) is 4.02. The molecule has 0 aliphatic heterocycles.